The summed E-state index contributed by atoms with van der Waals surface area (Å²) < 4.78 is 10.2. The third kappa shape index (κ3) is 12.3. The fourth-order valence-corrected chi connectivity index (χ4v) is 4.77. The number of nitrogens with zero attached hydrogens (tertiary/aromatic N) is 1. The van der Waals surface area contributed by atoms with E-state index in [2.05, 4.69) is 20.8 Å². The molecular weight excluding hydrogens is 500 g/mol. The summed E-state index contributed by atoms with van der Waals surface area (Å²) in [4.78, 5) is 37.8. The smallest absolute Gasteiger partial charge is 0.422 e. The van der Waals surface area contributed by atoms with Crippen molar-refractivity contribution in [2.75, 3.05) is 20.2 Å². The van der Waals surface area contributed by atoms with Gasteiger partial charge in [0.05, 0.1) is 19.3 Å². The molecule has 1 saturated carbocycles. The molecule has 0 aliphatic heterocycles. The van der Waals surface area contributed by atoms with Gasteiger partial charge in [-0.05, 0) is 57.4 Å². The van der Waals surface area contributed by atoms with Gasteiger partial charge in [0.25, 0.3) is 0 Å². The lowest BCUT2D eigenvalue weighted by Crippen LogP contribution is -2.58. The van der Waals surface area contributed by atoms with Crippen molar-refractivity contribution in [1.29, 1.82) is 0 Å². The van der Waals surface area contributed by atoms with E-state index in [0.29, 0.717) is 18.9 Å². The van der Waals surface area contributed by atoms with Gasteiger partial charge in [-0.3, -0.25) is 10.2 Å². The minimum absolute atomic E-state index is 0.0876. The standard InChI is InChI=1S/C29H48N4O6/c1-20(2)25(31-27(36)38-6)26(35)30-23(17-21-13-9-7-10-14-21)24(34)19-33(18-22-15-11-8-12-16-22)32-28(37)39-29(3,4)5/h7,9-10,13-14,20,22-25,34H,8,11-12,15-19H2,1-6H3,(H,30,35)(H,31,36)(H,32,37)/t23-,24-,25-/m0/s1. The number of ether oxygens (including phenoxy) is 2. The van der Waals surface area contributed by atoms with Crippen LogP contribution in [0.3, 0.4) is 0 Å². The fourth-order valence-electron chi connectivity index (χ4n) is 4.77. The average molecular weight is 549 g/mol. The Morgan fingerprint density at radius 2 is 1.67 bits per heavy atom. The summed E-state index contributed by atoms with van der Waals surface area (Å²) in [6.07, 6.45) is 3.65. The molecule has 0 bridgehead atoms. The van der Waals surface area contributed by atoms with Gasteiger partial charge in [0, 0.05) is 13.1 Å². The lowest BCUT2D eigenvalue weighted by molar-refractivity contribution is -0.125. The maximum Gasteiger partial charge on any atom is 0.422 e. The molecule has 0 spiro atoms. The predicted molar refractivity (Wildman–Crippen MR) is 150 cm³/mol. The summed E-state index contributed by atoms with van der Waals surface area (Å²) >= 11 is 0. The molecule has 4 N–H and O–H groups in total. The fraction of sp³-hybridized carbons (Fsp3) is 0.690. The number of hydrazine groups is 1. The number of nitrogens with one attached hydrogen (secondary N) is 3. The van der Waals surface area contributed by atoms with Crippen LogP contribution in [-0.2, 0) is 20.7 Å². The average Bonchev–Trinajstić information content (AvgIpc) is 2.86. The molecule has 10 heteroatoms. The Hall–Kier alpha value is -2.85. The van der Waals surface area contributed by atoms with E-state index in [4.69, 9.17) is 4.74 Å². The Bertz CT molecular complexity index is 899. The van der Waals surface area contributed by atoms with Gasteiger partial charge in [-0.1, -0.05) is 63.4 Å². The quantitative estimate of drug-likeness (QED) is 0.293. The van der Waals surface area contributed by atoms with Gasteiger partial charge >= 0.3 is 12.2 Å². The molecule has 220 valence electrons. The Morgan fingerprint density at radius 3 is 2.23 bits per heavy atom. The number of carbonyl (C=O) groups is 3. The highest BCUT2D eigenvalue weighted by Gasteiger charge is 2.31. The van der Waals surface area contributed by atoms with E-state index < -0.39 is 41.9 Å². The highest BCUT2D eigenvalue weighted by molar-refractivity contribution is 5.86. The van der Waals surface area contributed by atoms with Gasteiger partial charge in [-0.25, -0.2) is 14.6 Å². The molecule has 3 atom stereocenters. The second kappa shape index (κ2) is 15.7. The normalized spacial score (nSPS) is 16.7. The number of amides is 3. The summed E-state index contributed by atoms with van der Waals surface area (Å²) in [5.41, 5.74) is 3.09. The van der Waals surface area contributed by atoms with E-state index in [-0.39, 0.29) is 12.5 Å². The molecule has 39 heavy (non-hydrogen) atoms. The second-order valence-electron chi connectivity index (χ2n) is 11.8. The van der Waals surface area contributed by atoms with Gasteiger partial charge in [0.2, 0.25) is 5.91 Å². The van der Waals surface area contributed by atoms with Crippen molar-refractivity contribution in [3.8, 4) is 0 Å². The highest BCUT2D eigenvalue weighted by atomic mass is 16.6. The first-order valence-corrected chi connectivity index (χ1v) is 14.0. The van der Waals surface area contributed by atoms with Gasteiger partial charge in [-0.2, -0.15) is 0 Å². The largest absolute Gasteiger partial charge is 0.453 e. The molecule has 0 unspecified atom stereocenters. The van der Waals surface area contributed by atoms with Crippen LogP contribution in [0, 0.1) is 11.8 Å². The van der Waals surface area contributed by atoms with E-state index in [1.807, 2.05) is 44.2 Å². The van der Waals surface area contributed by atoms with Crippen molar-refractivity contribution in [3.63, 3.8) is 0 Å². The molecule has 3 amide bonds. The number of hydrogen-bond acceptors (Lipinski definition) is 7. The molecule has 0 radical (unpaired) electrons. The van der Waals surface area contributed by atoms with Crippen LogP contribution >= 0.6 is 0 Å². The van der Waals surface area contributed by atoms with Crippen LogP contribution in [0.4, 0.5) is 9.59 Å². The van der Waals surface area contributed by atoms with Crippen LogP contribution in [0.1, 0.15) is 72.3 Å². The van der Waals surface area contributed by atoms with Gasteiger partial charge in [0.1, 0.15) is 11.6 Å². The topological polar surface area (TPSA) is 129 Å². The summed E-state index contributed by atoms with van der Waals surface area (Å²) in [5, 5.41) is 18.7. The summed E-state index contributed by atoms with van der Waals surface area (Å²) in [6.45, 7) is 9.69. The van der Waals surface area contributed by atoms with E-state index >= 15 is 0 Å². The van der Waals surface area contributed by atoms with Crippen LogP contribution in [-0.4, -0.2) is 72.2 Å². The maximum absolute atomic E-state index is 13.3. The maximum atomic E-state index is 13.3. The predicted octanol–water partition coefficient (Wildman–Crippen LogP) is 3.78. The first-order valence-electron chi connectivity index (χ1n) is 14.0. The van der Waals surface area contributed by atoms with Crippen molar-refractivity contribution in [3.05, 3.63) is 35.9 Å². The van der Waals surface area contributed by atoms with Crippen LogP contribution in [0.15, 0.2) is 30.3 Å². The van der Waals surface area contributed by atoms with E-state index in [9.17, 15) is 19.5 Å². The van der Waals surface area contributed by atoms with Gasteiger partial charge < -0.3 is 25.2 Å². The van der Waals surface area contributed by atoms with Crippen molar-refractivity contribution in [2.24, 2.45) is 11.8 Å². The minimum Gasteiger partial charge on any atom is -0.453 e. The molecule has 1 aliphatic rings. The SMILES string of the molecule is COC(=O)N[C@H](C(=O)N[C@@H](Cc1ccccc1)[C@@H](O)CN(CC1CCCCC1)NC(=O)OC(C)(C)C)C(C)C. The molecule has 10 nitrogen and oxygen atoms in total. The van der Waals surface area contributed by atoms with E-state index in [1.165, 1.54) is 13.5 Å². The lowest BCUT2D eigenvalue weighted by atomic mass is 9.89. The summed E-state index contributed by atoms with van der Waals surface area (Å²) in [6, 6.07) is 8.02. The molecular formula is C29H48N4O6. The molecule has 0 heterocycles. The van der Waals surface area contributed by atoms with Gasteiger partial charge in [0.15, 0.2) is 0 Å². The van der Waals surface area contributed by atoms with Crippen LogP contribution < -0.4 is 16.1 Å². The van der Waals surface area contributed by atoms with Crippen molar-refractivity contribution < 1.29 is 29.0 Å². The zero-order chi connectivity index (χ0) is 29.0. The molecule has 1 aromatic carbocycles. The number of aliphatic hydroxyl groups excluding tert-OH is 1. The molecule has 2 rings (SSSR count). The van der Waals surface area contributed by atoms with E-state index in [1.54, 1.807) is 25.8 Å². The second-order valence-corrected chi connectivity index (χ2v) is 11.8. The first-order chi connectivity index (χ1) is 18.4. The van der Waals surface area contributed by atoms with Crippen molar-refractivity contribution in [1.82, 2.24) is 21.1 Å². The molecule has 0 saturated heterocycles. The van der Waals surface area contributed by atoms with Crippen molar-refractivity contribution >= 4 is 18.1 Å². The lowest BCUT2D eigenvalue weighted by Gasteiger charge is -2.34. The Labute approximate surface area is 233 Å². The minimum atomic E-state index is -1.03. The number of hydrogen-bond donors (Lipinski definition) is 4. The number of methoxy groups -OCH3 is 1. The van der Waals surface area contributed by atoms with Crippen LogP contribution in [0.25, 0.3) is 0 Å². The Morgan fingerprint density at radius 1 is 1.03 bits per heavy atom. The molecule has 0 aromatic heterocycles. The first kappa shape index (κ1) is 32.4. The Balaban J connectivity index is 2.23. The van der Waals surface area contributed by atoms with Gasteiger partial charge in [-0.15, -0.1) is 0 Å². The number of alkyl carbamates (subject to hydrolysis) is 1. The monoisotopic (exact) mass is 548 g/mol. The zero-order valence-electron chi connectivity index (χ0n) is 24.4. The summed E-state index contributed by atoms with van der Waals surface area (Å²) in [7, 11) is 1.24. The third-order valence-corrected chi connectivity index (χ3v) is 6.76. The number of carbonyl (C=O) groups excluding carboxylic acids is 3. The highest BCUT2D eigenvalue weighted by Crippen LogP contribution is 2.24. The summed E-state index contributed by atoms with van der Waals surface area (Å²) in [5.74, 6) is -0.248. The van der Waals surface area contributed by atoms with Crippen LogP contribution in [0.5, 0.6) is 0 Å². The third-order valence-electron chi connectivity index (χ3n) is 6.76. The zero-order valence-corrected chi connectivity index (χ0v) is 24.4. The van der Waals surface area contributed by atoms with Crippen LogP contribution in [0.2, 0.25) is 0 Å². The number of rotatable bonds is 12. The Kier molecular flexibility index (Phi) is 13.0. The molecule has 1 aliphatic carbocycles. The number of aliphatic hydroxyl groups is 1. The molecule has 1 aromatic rings. The van der Waals surface area contributed by atoms with E-state index in [0.717, 1.165) is 31.2 Å². The number of benzene rings is 1. The van der Waals surface area contributed by atoms with Crippen molar-refractivity contribution in [2.45, 2.75) is 96.9 Å². The molecule has 1 fully saturated rings.